The molecule has 214 valence electrons. The van der Waals surface area contributed by atoms with Gasteiger partial charge in [0.25, 0.3) is 0 Å². The van der Waals surface area contributed by atoms with Crippen LogP contribution in [0, 0.1) is 0 Å². The summed E-state index contributed by atoms with van der Waals surface area (Å²) in [6.07, 6.45) is 0.989. The van der Waals surface area contributed by atoms with Crippen LogP contribution in [0.3, 0.4) is 0 Å². The molecular weight excluding hydrogens is 567 g/mol. The molecule has 0 saturated carbocycles. The lowest BCUT2D eigenvalue weighted by Gasteiger charge is -2.33. The maximum atomic E-state index is 12.9. The van der Waals surface area contributed by atoms with Gasteiger partial charge in [0.2, 0.25) is 18.6 Å². The van der Waals surface area contributed by atoms with Gasteiger partial charge in [-0.3, -0.25) is 9.36 Å². The predicted molar refractivity (Wildman–Crippen MR) is 156 cm³/mol. The van der Waals surface area contributed by atoms with Crippen LogP contribution < -0.4 is 14.8 Å². The topological polar surface area (TPSA) is 131 Å². The number of aryl methyl sites for hydroxylation is 1. The molecule has 0 spiro atoms. The third-order valence-electron chi connectivity index (χ3n) is 7.45. The second-order valence-electron chi connectivity index (χ2n) is 9.77. The standard InChI is InChI=1S/C30H30ClN2O7P/c1-3-30(4-2,41(35,36)37)21-8-12-23(13-9-21)32-27(34)16-15-25-28(19-5-10-22(31)11-6-19)33-29(40-25)20-7-14-24-26(17-20)39-18-38-24/h5-14,17H,3-4,15-16,18H2,1-2H3,(H,32,34)(H2,35,36,37). The highest BCUT2D eigenvalue weighted by molar-refractivity contribution is 7.53. The van der Waals surface area contributed by atoms with E-state index < -0.39 is 12.8 Å². The zero-order valence-corrected chi connectivity index (χ0v) is 24.2. The number of carbonyl (C=O) groups is 1. The largest absolute Gasteiger partial charge is 0.454 e. The summed E-state index contributed by atoms with van der Waals surface area (Å²) < 4.78 is 29.3. The van der Waals surface area contributed by atoms with Crippen molar-refractivity contribution in [3.8, 4) is 34.2 Å². The van der Waals surface area contributed by atoms with Crippen LogP contribution in [0.25, 0.3) is 22.7 Å². The molecule has 3 N–H and O–H groups in total. The molecule has 2 heterocycles. The molecule has 5 rings (SSSR count). The zero-order valence-electron chi connectivity index (χ0n) is 22.6. The number of halogens is 1. The number of nitrogens with one attached hydrogen (secondary N) is 1. The van der Waals surface area contributed by atoms with Gasteiger partial charge in [-0.05, 0) is 60.9 Å². The summed E-state index contributed by atoms with van der Waals surface area (Å²) in [5.41, 5.74) is 3.20. The first kappa shape index (κ1) is 28.9. The molecule has 4 aromatic rings. The molecule has 0 aliphatic carbocycles. The number of oxazole rings is 1. The summed E-state index contributed by atoms with van der Waals surface area (Å²) in [5, 5.41) is 2.20. The lowest BCUT2D eigenvalue weighted by Crippen LogP contribution is -2.24. The molecule has 11 heteroatoms. The van der Waals surface area contributed by atoms with E-state index in [1.54, 1.807) is 62.4 Å². The number of aromatic nitrogens is 1. The molecule has 1 aromatic heterocycles. The number of rotatable bonds is 10. The van der Waals surface area contributed by atoms with Crippen LogP contribution >= 0.6 is 19.2 Å². The fourth-order valence-corrected chi connectivity index (χ4v) is 6.50. The van der Waals surface area contributed by atoms with Crippen molar-refractivity contribution < 1.29 is 33.0 Å². The van der Waals surface area contributed by atoms with Crippen LogP contribution in [0.1, 0.15) is 44.4 Å². The molecule has 1 aliphatic rings. The number of carbonyl (C=O) groups excluding carboxylic acids is 1. The molecule has 0 unspecified atom stereocenters. The van der Waals surface area contributed by atoms with Gasteiger partial charge >= 0.3 is 7.60 Å². The van der Waals surface area contributed by atoms with Crippen molar-refractivity contribution in [2.45, 2.75) is 44.7 Å². The van der Waals surface area contributed by atoms with Gasteiger partial charge in [-0.25, -0.2) is 4.98 Å². The van der Waals surface area contributed by atoms with E-state index in [4.69, 9.17) is 30.5 Å². The van der Waals surface area contributed by atoms with E-state index in [1.165, 1.54) is 0 Å². The molecule has 41 heavy (non-hydrogen) atoms. The molecule has 0 saturated heterocycles. The SMILES string of the molecule is CCC(CC)(c1ccc(NC(=O)CCc2oc(-c3ccc4c(c3)OCO4)nc2-c2ccc(Cl)cc2)cc1)P(=O)(O)O. The van der Waals surface area contributed by atoms with Crippen LogP contribution in [0.15, 0.2) is 71.1 Å². The quantitative estimate of drug-likeness (QED) is 0.164. The Morgan fingerprint density at radius 2 is 1.63 bits per heavy atom. The van der Waals surface area contributed by atoms with E-state index in [2.05, 4.69) is 5.32 Å². The highest BCUT2D eigenvalue weighted by Crippen LogP contribution is 2.60. The van der Waals surface area contributed by atoms with Crippen molar-refractivity contribution >= 4 is 30.8 Å². The monoisotopic (exact) mass is 596 g/mol. The van der Waals surface area contributed by atoms with Gasteiger partial charge in [0.1, 0.15) is 11.5 Å². The molecule has 1 aliphatic heterocycles. The van der Waals surface area contributed by atoms with E-state index in [9.17, 15) is 19.1 Å². The minimum atomic E-state index is -4.40. The highest BCUT2D eigenvalue weighted by atomic mass is 35.5. The molecule has 0 atom stereocenters. The number of amides is 1. The molecule has 0 radical (unpaired) electrons. The summed E-state index contributed by atoms with van der Waals surface area (Å²) in [6, 6.07) is 19.3. The number of hydrogen-bond donors (Lipinski definition) is 3. The van der Waals surface area contributed by atoms with E-state index in [0.717, 1.165) is 5.56 Å². The Morgan fingerprint density at radius 3 is 2.29 bits per heavy atom. The van der Waals surface area contributed by atoms with Gasteiger partial charge in [0, 0.05) is 34.7 Å². The summed E-state index contributed by atoms with van der Waals surface area (Å²) in [6.45, 7) is 3.68. The Bertz CT molecular complexity index is 1590. The van der Waals surface area contributed by atoms with Crippen LogP contribution in [-0.4, -0.2) is 27.5 Å². The number of anilines is 1. The van der Waals surface area contributed by atoms with Crippen LogP contribution in [0.5, 0.6) is 11.5 Å². The maximum absolute atomic E-state index is 12.9. The molecule has 9 nitrogen and oxygen atoms in total. The molecule has 3 aromatic carbocycles. The van der Waals surface area contributed by atoms with Crippen molar-refractivity contribution in [3.05, 3.63) is 83.1 Å². The van der Waals surface area contributed by atoms with Gasteiger partial charge < -0.3 is 29.0 Å². The Morgan fingerprint density at radius 1 is 0.976 bits per heavy atom. The van der Waals surface area contributed by atoms with Gasteiger partial charge in [-0.15, -0.1) is 0 Å². The van der Waals surface area contributed by atoms with E-state index in [1.807, 2.05) is 18.2 Å². The smallest absolute Gasteiger partial charge is 0.335 e. The Kier molecular flexibility index (Phi) is 8.25. The summed E-state index contributed by atoms with van der Waals surface area (Å²) >= 11 is 6.09. The predicted octanol–water partition coefficient (Wildman–Crippen LogP) is 7.16. The third kappa shape index (κ3) is 5.90. The van der Waals surface area contributed by atoms with Gasteiger partial charge in [0.15, 0.2) is 11.5 Å². The van der Waals surface area contributed by atoms with Crippen molar-refractivity contribution in [1.29, 1.82) is 0 Å². The van der Waals surface area contributed by atoms with E-state index in [0.29, 0.717) is 63.5 Å². The van der Waals surface area contributed by atoms with E-state index >= 15 is 0 Å². The van der Waals surface area contributed by atoms with Gasteiger partial charge in [-0.1, -0.05) is 49.7 Å². The maximum Gasteiger partial charge on any atom is 0.335 e. The minimum absolute atomic E-state index is 0.119. The average Bonchev–Trinajstić information content (AvgIpc) is 3.60. The van der Waals surface area contributed by atoms with Gasteiger partial charge in [0.05, 0.1) is 5.16 Å². The molecule has 1 amide bonds. The summed E-state index contributed by atoms with van der Waals surface area (Å²) in [5.74, 6) is 1.95. The highest BCUT2D eigenvalue weighted by Gasteiger charge is 2.45. The van der Waals surface area contributed by atoms with E-state index in [-0.39, 0.29) is 25.5 Å². The minimum Gasteiger partial charge on any atom is -0.454 e. The Labute approximate surface area is 242 Å². The van der Waals surface area contributed by atoms with Crippen molar-refractivity contribution in [2.24, 2.45) is 0 Å². The van der Waals surface area contributed by atoms with Crippen molar-refractivity contribution in [1.82, 2.24) is 4.98 Å². The lowest BCUT2D eigenvalue weighted by molar-refractivity contribution is -0.116. The summed E-state index contributed by atoms with van der Waals surface area (Å²) in [7, 11) is -4.40. The molecule has 0 fully saturated rings. The van der Waals surface area contributed by atoms with Gasteiger partial charge in [-0.2, -0.15) is 0 Å². The first-order valence-corrected chi connectivity index (χ1v) is 15.2. The Hall–Kier alpha value is -3.62. The first-order chi connectivity index (χ1) is 19.6. The number of nitrogens with zero attached hydrogens (tertiary/aromatic N) is 1. The number of ether oxygens (including phenoxy) is 2. The second-order valence-corrected chi connectivity index (χ2v) is 12.2. The molecule has 0 bridgehead atoms. The average molecular weight is 597 g/mol. The first-order valence-electron chi connectivity index (χ1n) is 13.2. The van der Waals surface area contributed by atoms with Crippen molar-refractivity contribution in [2.75, 3.05) is 12.1 Å². The third-order valence-corrected chi connectivity index (χ3v) is 9.70. The lowest BCUT2D eigenvalue weighted by atomic mass is 9.92. The molecular formula is C30H30ClN2O7P. The van der Waals surface area contributed by atoms with Crippen molar-refractivity contribution in [3.63, 3.8) is 0 Å². The Balaban J connectivity index is 1.33. The fourth-order valence-electron chi connectivity index (χ4n) is 5.06. The normalized spacial score (nSPS) is 12.9. The van der Waals surface area contributed by atoms with Crippen LogP contribution in [-0.2, 0) is 20.9 Å². The van der Waals surface area contributed by atoms with Crippen LogP contribution in [0.4, 0.5) is 5.69 Å². The number of fused-ring (bicyclic) bond motifs is 1. The zero-order chi connectivity index (χ0) is 29.2. The fraction of sp³-hybridized carbons (Fsp3) is 0.267. The number of benzene rings is 3. The number of hydrogen-bond acceptors (Lipinski definition) is 6. The second kappa shape index (κ2) is 11.7. The van der Waals surface area contributed by atoms with Crippen LogP contribution in [0.2, 0.25) is 5.02 Å². The summed E-state index contributed by atoms with van der Waals surface area (Å²) in [4.78, 5) is 37.7.